The molecule has 2 amide bonds. The molecular formula is C18H16F3N3OS. The minimum atomic E-state index is -0.956. The number of benzene rings is 1. The lowest BCUT2D eigenvalue weighted by atomic mass is 10.1. The maximum atomic E-state index is 13.4. The van der Waals surface area contributed by atoms with E-state index in [1.165, 1.54) is 22.7 Å². The highest BCUT2D eigenvalue weighted by Crippen LogP contribution is 2.38. The molecule has 0 spiro atoms. The third-order valence-corrected chi connectivity index (χ3v) is 5.71. The van der Waals surface area contributed by atoms with E-state index in [1.54, 1.807) is 0 Å². The number of nitrogens with zero attached hydrogens (tertiary/aromatic N) is 2. The number of fused-ring (bicyclic) bond motifs is 1. The fourth-order valence-corrected chi connectivity index (χ4v) is 4.19. The van der Waals surface area contributed by atoms with Crippen LogP contribution in [0.25, 0.3) is 0 Å². The van der Waals surface area contributed by atoms with Gasteiger partial charge in [-0.15, -0.1) is 0 Å². The molecule has 1 N–H and O–H groups in total. The van der Waals surface area contributed by atoms with Crippen molar-refractivity contribution in [3.63, 3.8) is 0 Å². The molecule has 2 heterocycles. The Balaban J connectivity index is 1.43. The van der Waals surface area contributed by atoms with Crippen LogP contribution in [0.4, 0.5) is 18.0 Å². The van der Waals surface area contributed by atoms with Crippen LogP contribution in [0, 0.1) is 11.6 Å². The summed E-state index contributed by atoms with van der Waals surface area (Å²) in [5, 5.41) is 3.44. The number of rotatable bonds is 2. The second-order valence-corrected chi connectivity index (χ2v) is 7.47. The highest BCUT2D eigenvalue weighted by Gasteiger charge is 2.30. The SMILES string of the molecule is O=C(NC1=CC=C2SC(c3ccc(F)c(F)c3)=NC2C1)N1CC[C@@H](F)C1. The van der Waals surface area contributed by atoms with Gasteiger partial charge in [-0.1, -0.05) is 11.8 Å². The number of thioether (sulfide) groups is 1. The van der Waals surface area contributed by atoms with Gasteiger partial charge in [-0.2, -0.15) is 0 Å². The maximum absolute atomic E-state index is 13.4. The van der Waals surface area contributed by atoms with E-state index < -0.39 is 17.8 Å². The molecule has 3 aliphatic rings. The van der Waals surface area contributed by atoms with Crippen LogP contribution < -0.4 is 5.32 Å². The number of aliphatic imine (C=N–C) groups is 1. The lowest BCUT2D eigenvalue weighted by Crippen LogP contribution is -2.39. The van der Waals surface area contributed by atoms with Crippen LogP contribution in [0.15, 0.2) is 45.9 Å². The van der Waals surface area contributed by atoms with Gasteiger partial charge in [0, 0.05) is 29.1 Å². The molecule has 26 heavy (non-hydrogen) atoms. The van der Waals surface area contributed by atoms with E-state index in [0.717, 1.165) is 17.0 Å². The lowest BCUT2D eigenvalue weighted by Gasteiger charge is -2.21. The largest absolute Gasteiger partial charge is 0.322 e. The highest BCUT2D eigenvalue weighted by atomic mass is 32.2. The van der Waals surface area contributed by atoms with Crippen LogP contribution in [0.1, 0.15) is 18.4 Å². The zero-order valence-corrected chi connectivity index (χ0v) is 14.5. The number of urea groups is 1. The standard InChI is InChI=1S/C18H16F3N3OS/c19-11-5-6-24(9-11)18(25)22-12-2-4-16-15(8-12)23-17(26-16)10-1-3-13(20)14(21)7-10/h1-4,7,11,15H,5-6,8-9H2,(H,22,25)/t11-,15?/m1/s1. The Hall–Kier alpha value is -2.22. The fourth-order valence-electron chi connectivity index (χ4n) is 3.14. The van der Waals surface area contributed by atoms with E-state index in [4.69, 9.17) is 0 Å². The van der Waals surface area contributed by atoms with Gasteiger partial charge in [0.1, 0.15) is 11.2 Å². The quantitative estimate of drug-likeness (QED) is 0.851. The Morgan fingerprint density at radius 1 is 1.27 bits per heavy atom. The van der Waals surface area contributed by atoms with Crippen LogP contribution in [0.5, 0.6) is 0 Å². The van der Waals surface area contributed by atoms with Crippen molar-refractivity contribution < 1.29 is 18.0 Å². The van der Waals surface area contributed by atoms with Crippen molar-refractivity contribution in [3.05, 3.63) is 58.2 Å². The van der Waals surface area contributed by atoms with Crippen LogP contribution >= 0.6 is 11.8 Å². The Morgan fingerprint density at radius 2 is 2.12 bits per heavy atom. The van der Waals surface area contributed by atoms with Gasteiger partial charge >= 0.3 is 6.03 Å². The molecule has 1 saturated heterocycles. The van der Waals surface area contributed by atoms with Crippen molar-refractivity contribution in [1.82, 2.24) is 10.2 Å². The lowest BCUT2D eigenvalue weighted by molar-refractivity contribution is 0.206. The third-order valence-electron chi connectivity index (χ3n) is 4.53. The minimum absolute atomic E-state index is 0.123. The van der Waals surface area contributed by atoms with E-state index in [-0.39, 0.29) is 18.6 Å². The summed E-state index contributed by atoms with van der Waals surface area (Å²) >= 11 is 1.41. The number of hydrogen-bond donors (Lipinski definition) is 1. The average molecular weight is 379 g/mol. The normalized spacial score (nSPS) is 24.7. The molecular weight excluding hydrogens is 363 g/mol. The Bertz CT molecular complexity index is 852. The summed E-state index contributed by atoms with van der Waals surface area (Å²) in [5.74, 6) is -1.80. The zero-order valence-electron chi connectivity index (χ0n) is 13.7. The van der Waals surface area contributed by atoms with E-state index >= 15 is 0 Å². The number of hydrogen-bond acceptors (Lipinski definition) is 3. The van der Waals surface area contributed by atoms with E-state index in [0.29, 0.717) is 35.7 Å². The number of carbonyl (C=O) groups is 1. The van der Waals surface area contributed by atoms with Gasteiger partial charge in [0.2, 0.25) is 0 Å². The summed E-state index contributed by atoms with van der Waals surface area (Å²) in [6.45, 7) is 0.539. The van der Waals surface area contributed by atoms with E-state index in [2.05, 4.69) is 10.3 Å². The molecule has 136 valence electrons. The first-order valence-corrected chi connectivity index (χ1v) is 9.13. The van der Waals surface area contributed by atoms with E-state index in [1.807, 2.05) is 12.2 Å². The van der Waals surface area contributed by atoms with Crippen molar-refractivity contribution in [2.45, 2.75) is 25.1 Å². The molecule has 4 rings (SSSR count). The molecule has 2 aliphatic heterocycles. The number of nitrogens with one attached hydrogen (secondary N) is 1. The van der Waals surface area contributed by atoms with Gasteiger partial charge in [0.15, 0.2) is 11.6 Å². The number of carbonyl (C=O) groups excluding carboxylic acids is 1. The van der Waals surface area contributed by atoms with Crippen molar-refractivity contribution in [1.29, 1.82) is 0 Å². The second-order valence-electron chi connectivity index (χ2n) is 6.41. The molecule has 0 radical (unpaired) electrons. The smallest absolute Gasteiger partial charge is 0.321 e. The monoisotopic (exact) mass is 379 g/mol. The summed E-state index contributed by atoms with van der Waals surface area (Å²) in [6, 6.07) is 3.26. The third kappa shape index (κ3) is 3.38. The topological polar surface area (TPSA) is 44.7 Å². The van der Waals surface area contributed by atoms with Crippen LogP contribution in [0.2, 0.25) is 0 Å². The molecule has 1 aromatic rings. The van der Waals surface area contributed by atoms with Crippen LogP contribution in [-0.4, -0.2) is 41.3 Å². The molecule has 1 fully saturated rings. The summed E-state index contributed by atoms with van der Waals surface area (Å²) in [4.78, 5) is 19.2. The fraction of sp³-hybridized carbons (Fsp3) is 0.333. The zero-order chi connectivity index (χ0) is 18.3. The van der Waals surface area contributed by atoms with Crippen molar-refractivity contribution in [2.24, 2.45) is 4.99 Å². The molecule has 1 unspecified atom stereocenters. The second kappa shape index (κ2) is 6.83. The summed E-state index contributed by atoms with van der Waals surface area (Å²) in [7, 11) is 0. The van der Waals surface area contributed by atoms with Gasteiger partial charge in [-0.25, -0.2) is 18.0 Å². The number of amides is 2. The number of halogens is 3. The molecule has 2 atom stereocenters. The molecule has 0 aromatic heterocycles. The molecule has 0 saturated carbocycles. The number of likely N-dealkylation sites (tertiary alicyclic amines) is 1. The van der Waals surface area contributed by atoms with Gasteiger partial charge in [-0.3, -0.25) is 4.99 Å². The van der Waals surface area contributed by atoms with Crippen LogP contribution in [0.3, 0.4) is 0 Å². The van der Waals surface area contributed by atoms with Gasteiger partial charge in [-0.05, 0) is 36.8 Å². The predicted octanol–water partition coefficient (Wildman–Crippen LogP) is 3.75. The highest BCUT2D eigenvalue weighted by molar-refractivity contribution is 8.18. The Morgan fingerprint density at radius 3 is 2.85 bits per heavy atom. The summed E-state index contributed by atoms with van der Waals surface area (Å²) < 4.78 is 39.8. The van der Waals surface area contributed by atoms with Crippen molar-refractivity contribution in [3.8, 4) is 0 Å². The van der Waals surface area contributed by atoms with Gasteiger partial charge in [0.25, 0.3) is 0 Å². The average Bonchev–Trinajstić information content (AvgIpc) is 3.23. The maximum Gasteiger partial charge on any atom is 0.321 e. The first kappa shape index (κ1) is 17.2. The molecule has 8 heteroatoms. The Kier molecular flexibility index (Phi) is 4.52. The summed E-state index contributed by atoms with van der Waals surface area (Å²) in [5.41, 5.74) is 1.24. The van der Waals surface area contributed by atoms with Gasteiger partial charge in [0.05, 0.1) is 12.6 Å². The number of alkyl halides is 1. The van der Waals surface area contributed by atoms with Crippen LogP contribution in [-0.2, 0) is 0 Å². The molecule has 1 aliphatic carbocycles. The molecule has 4 nitrogen and oxygen atoms in total. The number of allylic oxidation sites excluding steroid dienone is 2. The van der Waals surface area contributed by atoms with Crippen molar-refractivity contribution in [2.75, 3.05) is 13.1 Å². The van der Waals surface area contributed by atoms with Crippen molar-refractivity contribution >= 4 is 22.8 Å². The molecule has 0 bridgehead atoms. The first-order valence-electron chi connectivity index (χ1n) is 8.31. The Labute approximate surface area is 152 Å². The minimum Gasteiger partial charge on any atom is -0.322 e. The van der Waals surface area contributed by atoms with Gasteiger partial charge < -0.3 is 10.2 Å². The van der Waals surface area contributed by atoms with E-state index in [9.17, 15) is 18.0 Å². The summed E-state index contributed by atoms with van der Waals surface area (Å²) in [6.07, 6.45) is 3.60. The first-order chi connectivity index (χ1) is 12.5. The molecule has 1 aromatic carbocycles. The predicted molar refractivity (Wildman–Crippen MR) is 94.7 cm³/mol.